The van der Waals surface area contributed by atoms with Crippen LogP contribution in [-0.2, 0) is 9.53 Å². The van der Waals surface area contributed by atoms with Crippen LogP contribution < -0.4 is 0 Å². The molecule has 0 aromatic carbocycles. The molecule has 0 saturated carbocycles. The van der Waals surface area contributed by atoms with Gasteiger partial charge in [0, 0.05) is 23.9 Å². The summed E-state index contributed by atoms with van der Waals surface area (Å²) in [6.07, 6.45) is 6.61. The molecule has 0 spiro atoms. The maximum atomic E-state index is 10.9. The van der Waals surface area contributed by atoms with Crippen molar-refractivity contribution in [3.63, 3.8) is 0 Å². The fourth-order valence-corrected chi connectivity index (χ4v) is 1.50. The molecule has 4 radical (unpaired) electrons. The Balaban J connectivity index is 0. The van der Waals surface area contributed by atoms with Crippen molar-refractivity contribution in [1.29, 1.82) is 0 Å². The molecule has 0 aliphatic rings. The number of ether oxygens (including phenoxy) is 1. The third-order valence-corrected chi connectivity index (χ3v) is 2.48. The Bertz CT molecular complexity index is 152. The largest absolute Gasteiger partial charge is 0.465 e. The van der Waals surface area contributed by atoms with E-state index in [1.54, 1.807) is 0 Å². The molecule has 0 aliphatic carbocycles. The summed E-state index contributed by atoms with van der Waals surface area (Å²) >= 11 is 1.51. The minimum Gasteiger partial charge on any atom is -0.465 e. The first-order valence-electron chi connectivity index (χ1n) is 5.31. The average molecular weight is 337 g/mol. The van der Waals surface area contributed by atoms with E-state index in [1.165, 1.54) is 31.0 Å². The van der Waals surface area contributed by atoms with Crippen LogP contribution in [0.4, 0.5) is 0 Å². The monoisotopic (exact) mass is 338 g/mol. The van der Waals surface area contributed by atoms with Gasteiger partial charge in [-0.1, -0.05) is 33.1 Å². The Hall–Kier alpha value is 0.619. The topological polar surface area (TPSA) is 26.3 Å². The second-order valence-electron chi connectivity index (χ2n) is 3.90. The van der Waals surface area contributed by atoms with Gasteiger partial charge in [-0.05, 0) is 18.6 Å². The normalized spacial score (nSPS) is 9.87. The van der Waals surface area contributed by atoms with Crippen molar-refractivity contribution in [2.75, 3.05) is 18.6 Å². The fraction of sp³-hybridized carbons (Fsp3) is 0.909. The molecule has 0 aromatic heterocycles. The summed E-state index contributed by atoms with van der Waals surface area (Å²) in [5.74, 6) is 1.18. The summed E-state index contributed by atoms with van der Waals surface area (Å²) in [7, 11) is 0. The van der Waals surface area contributed by atoms with Gasteiger partial charge >= 0.3 is 5.97 Å². The molecular weight excluding hydrogens is 315 g/mol. The summed E-state index contributed by atoms with van der Waals surface area (Å²) in [4.78, 5) is 10.9. The molecular formula is C11H22O2SSn. The number of carbonyl (C=O) groups excluding carboxylic acids is 1. The Morgan fingerprint density at radius 2 is 1.93 bits per heavy atom. The van der Waals surface area contributed by atoms with Crippen molar-refractivity contribution in [2.45, 2.75) is 39.5 Å². The van der Waals surface area contributed by atoms with Crippen LogP contribution in [0.15, 0.2) is 0 Å². The molecule has 0 heterocycles. The second-order valence-corrected chi connectivity index (χ2v) is 4.76. The van der Waals surface area contributed by atoms with Crippen molar-refractivity contribution in [3.05, 3.63) is 0 Å². The zero-order valence-corrected chi connectivity index (χ0v) is 13.7. The Morgan fingerprint density at radius 3 is 2.47 bits per heavy atom. The smallest absolute Gasteiger partial charge is 0.315 e. The first-order valence-corrected chi connectivity index (χ1v) is 6.70. The number of thioether (sulfide) groups is 1. The van der Waals surface area contributed by atoms with E-state index in [4.69, 9.17) is 4.74 Å². The number of esters is 1. The Labute approximate surface area is 115 Å². The molecule has 0 amide bonds. The summed E-state index contributed by atoms with van der Waals surface area (Å²) < 4.78 is 5.03. The third-order valence-electron chi connectivity index (χ3n) is 1.95. The van der Waals surface area contributed by atoms with Crippen molar-refractivity contribution < 1.29 is 9.53 Å². The van der Waals surface area contributed by atoms with Crippen LogP contribution in [0.5, 0.6) is 0 Å². The zero-order valence-electron chi connectivity index (χ0n) is 10.0. The molecule has 2 nitrogen and oxygen atoms in total. The first kappa shape index (κ1) is 18.0. The molecule has 4 heteroatoms. The average Bonchev–Trinajstić information content (AvgIpc) is 2.11. The van der Waals surface area contributed by atoms with Crippen LogP contribution in [0, 0.1) is 5.92 Å². The van der Waals surface area contributed by atoms with Crippen LogP contribution in [0.2, 0.25) is 0 Å². The number of carbonyl (C=O) groups is 1. The molecule has 0 rings (SSSR count). The molecule has 88 valence electrons. The second kappa shape index (κ2) is 12.7. The molecule has 0 saturated heterocycles. The van der Waals surface area contributed by atoms with E-state index in [9.17, 15) is 4.79 Å². The van der Waals surface area contributed by atoms with Crippen LogP contribution in [0.1, 0.15) is 39.5 Å². The minimum absolute atomic E-state index is 0. The fourth-order valence-electron chi connectivity index (χ4n) is 1.18. The van der Waals surface area contributed by atoms with Crippen molar-refractivity contribution in [2.24, 2.45) is 5.92 Å². The number of hydrogen-bond donors (Lipinski definition) is 0. The quantitative estimate of drug-likeness (QED) is 0.387. The van der Waals surface area contributed by atoms with Gasteiger partial charge in [0.25, 0.3) is 0 Å². The van der Waals surface area contributed by atoms with Crippen LogP contribution in [0.3, 0.4) is 0 Å². The number of hydrogen-bond acceptors (Lipinski definition) is 3. The predicted octanol–water partition coefficient (Wildman–Crippen LogP) is 2.73. The molecule has 0 fully saturated rings. The van der Waals surface area contributed by atoms with E-state index in [2.05, 4.69) is 13.8 Å². The van der Waals surface area contributed by atoms with Crippen molar-refractivity contribution in [1.82, 2.24) is 0 Å². The number of unbranched alkanes of at least 4 members (excludes halogenated alkanes) is 2. The maximum absolute atomic E-state index is 10.9. The predicted molar refractivity (Wildman–Crippen MR) is 68.4 cm³/mol. The first-order chi connectivity index (χ1) is 6.66. The molecule has 0 bridgehead atoms. The van der Waals surface area contributed by atoms with Gasteiger partial charge in [-0.15, -0.1) is 0 Å². The molecule has 0 aromatic rings. The van der Waals surface area contributed by atoms with Gasteiger partial charge < -0.3 is 4.74 Å². The summed E-state index contributed by atoms with van der Waals surface area (Å²) in [6.45, 7) is 5.06. The van der Waals surface area contributed by atoms with Gasteiger partial charge in [-0.3, -0.25) is 4.79 Å². The van der Waals surface area contributed by atoms with Gasteiger partial charge in [0.2, 0.25) is 0 Å². The molecule has 15 heavy (non-hydrogen) atoms. The van der Waals surface area contributed by atoms with Crippen molar-refractivity contribution in [3.8, 4) is 0 Å². The molecule has 0 aliphatic heterocycles. The third kappa shape index (κ3) is 14.6. The van der Waals surface area contributed by atoms with Gasteiger partial charge in [-0.2, -0.15) is 11.8 Å². The van der Waals surface area contributed by atoms with E-state index >= 15 is 0 Å². The SMILES string of the molecule is CSCC(=O)OCCCCCC(C)C.[Sn]. The Kier molecular flexibility index (Phi) is 15.2. The molecule has 0 unspecified atom stereocenters. The maximum Gasteiger partial charge on any atom is 0.315 e. The minimum atomic E-state index is -0.0821. The molecule has 0 atom stereocenters. The summed E-state index contributed by atoms with van der Waals surface area (Å²) in [6, 6.07) is 0. The van der Waals surface area contributed by atoms with E-state index < -0.39 is 0 Å². The van der Waals surface area contributed by atoms with Gasteiger partial charge in [-0.25, -0.2) is 0 Å². The van der Waals surface area contributed by atoms with Crippen LogP contribution >= 0.6 is 11.8 Å². The van der Waals surface area contributed by atoms with Gasteiger partial charge in [0.15, 0.2) is 0 Å². The van der Waals surface area contributed by atoms with Crippen LogP contribution in [-0.4, -0.2) is 48.5 Å². The van der Waals surface area contributed by atoms with Gasteiger partial charge in [0.05, 0.1) is 12.4 Å². The molecule has 0 N–H and O–H groups in total. The Morgan fingerprint density at radius 1 is 1.27 bits per heavy atom. The van der Waals surface area contributed by atoms with Crippen molar-refractivity contribution >= 4 is 41.6 Å². The van der Waals surface area contributed by atoms with E-state index in [0.717, 1.165) is 12.3 Å². The van der Waals surface area contributed by atoms with E-state index in [0.29, 0.717) is 12.4 Å². The summed E-state index contributed by atoms with van der Waals surface area (Å²) in [5, 5.41) is 0. The van der Waals surface area contributed by atoms with E-state index in [1.807, 2.05) is 6.26 Å². The number of rotatable bonds is 8. The van der Waals surface area contributed by atoms with E-state index in [-0.39, 0.29) is 29.9 Å². The standard InChI is InChI=1S/C11H22O2S.Sn/c1-10(2)7-5-4-6-8-13-11(12)9-14-3;/h10H,4-9H2,1-3H3;. The summed E-state index contributed by atoms with van der Waals surface area (Å²) in [5.41, 5.74) is 0. The van der Waals surface area contributed by atoms with Crippen LogP contribution in [0.25, 0.3) is 0 Å². The van der Waals surface area contributed by atoms with Gasteiger partial charge in [0.1, 0.15) is 0 Å². The zero-order chi connectivity index (χ0) is 10.8.